The van der Waals surface area contributed by atoms with Crippen molar-refractivity contribution in [1.82, 2.24) is 14.9 Å². The molecular weight excluding hydrogens is 545 g/mol. The van der Waals surface area contributed by atoms with E-state index < -0.39 is 18.5 Å². The normalized spacial score (nSPS) is 18.1. The molecule has 2 aromatic rings. The van der Waals surface area contributed by atoms with Gasteiger partial charge in [-0.25, -0.2) is 15.0 Å². The molecule has 14 heteroatoms. The predicted octanol–water partition coefficient (Wildman–Crippen LogP) is 3.67. The number of halogens is 3. The summed E-state index contributed by atoms with van der Waals surface area (Å²) in [4.78, 5) is 30.7. The Labute approximate surface area is 235 Å². The van der Waals surface area contributed by atoms with Crippen LogP contribution in [-0.2, 0) is 9.53 Å². The number of ether oxygens (including phenoxy) is 1. The predicted molar refractivity (Wildman–Crippen MR) is 149 cm³/mol. The van der Waals surface area contributed by atoms with Crippen molar-refractivity contribution < 1.29 is 22.7 Å². The van der Waals surface area contributed by atoms with Gasteiger partial charge < -0.3 is 26.4 Å². The number of nitrogens with one attached hydrogen (secondary N) is 1. The van der Waals surface area contributed by atoms with E-state index in [-0.39, 0.29) is 11.5 Å². The zero-order valence-electron chi connectivity index (χ0n) is 22.2. The van der Waals surface area contributed by atoms with Gasteiger partial charge in [0.1, 0.15) is 18.1 Å². The fraction of sp³-hybridized carbons (Fsp3) is 0.462. The van der Waals surface area contributed by atoms with E-state index in [1.165, 1.54) is 23.9 Å². The van der Waals surface area contributed by atoms with Gasteiger partial charge in [0.05, 0.1) is 13.2 Å². The lowest BCUT2D eigenvalue weighted by Crippen LogP contribution is -2.49. The summed E-state index contributed by atoms with van der Waals surface area (Å²) in [5.74, 6) is 0.205. The Hall–Kier alpha value is -3.36. The molecule has 5 N–H and O–H groups in total. The number of aromatic nitrogens is 2. The monoisotopic (exact) mass is 578 g/mol. The van der Waals surface area contributed by atoms with Crippen molar-refractivity contribution in [2.75, 3.05) is 49.6 Å². The molecule has 1 amide bonds. The van der Waals surface area contributed by atoms with Gasteiger partial charge in [-0.3, -0.25) is 9.69 Å². The van der Waals surface area contributed by atoms with Gasteiger partial charge in [0.15, 0.2) is 11.0 Å². The van der Waals surface area contributed by atoms with Crippen LogP contribution in [0.3, 0.4) is 0 Å². The second-order valence-corrected chi connectivity index (χ2v) is 10.7. The van der Waals surface area contributed by atoms with Gasteiger partial charge in [0.25, 0.3) is 0 Å². The molecule has 1 aromatic carbocycles. The molecule has 40 heavy (non-hydrogen) atoms. The van der Waals surface area contributed by atoms with Crippen molar-refractivity contribution in [1.29, 1.82) is 0 Å². The highest BCUT2D eigenvalue weighted by molar-refractivity contribution is 7.99. The topological polar surface area (TPSA) is 135 Å². The molecule has 4 rings (SSSR count). The number of piperidine rings is 1. The second kappa shape index (κ2) is 13.3. The molecule has 3 heterocycles. The Balaban J connectivity index is 1.49. The van der Waals surface area contributed by atoms with E-state index in [0.717, 1.165) is 62.9 Å². The molecule has 216 valence electrons. The van der Waals surface area contributed by atoms with Gasteiger partial charge in [-0.15, -0.1) is 0 Å². The van der Waals surface area contributed by atoms with Crippen LogP contribution in [0, 0.1) is 0 Å². The maximum absolute atomic E-state index is 12.4. The van der Waals surface area contributed by atoms with Gasteiger partial charge >= 0.3 is 6.18 Å². The SMILES string of the molecule is CC(N)=CC(N)=Nc1cc(N2CCC(N3CCOCC3)CC2)nc(Sc2ccc(NC(=O)CC(F)(F)F)cc2)n1. The molecule has 2 saturated heterocycles. The molecule has 0 aliphatic carbocycles. The molecule has 0 spiro atoms. The summed E-state index contributed by atoms with van der Waals surface area (Å²) in [6.45, 7) is 6.82. The lowest BCUT2D eigenvalue weighted by atomic mass is 10.0. The van der Waals surface area contributed by atoms with E-state index >= 15 is 0 Å². The van der Waals surface area contributed by atoms with Gasteiger partial charge in [0, 0.05) is 54.6 Å². The molecule has 2 aliphatic rings. The summed E-state index contributed by atoms with van der Waals surface area (Å²) >= 11 is 1.27. The molecule has 0 bridgehead atoms. The van der Waals surface area contributed by atoms with Crippen LogP contribution in [0.1, 0.15) is 26.2 Å². The summed E-state index contributed by atoms with van der Waals surface area (Å²) in [5, 5.41) is 2.68. The van der Waals surface area contributed by atoms with Crippen molar-refractivity contribution in [3.05, 3.63) is 42.1 Å². The average molecular weight is 579 g/mol. The minimum atomic E-state index is -4.57. The molecule has 2 fully saturated rings. The summed E-state index contributed by atoms with van der Waals surface area (Å²) in [7, 11) is 0. The van der Waals surface area contributed by atoms with E-state index in [0.29, 0.717) is 22.7 Å². The van der Waals surface area contributed by atoms with Crippen LogP contribution >= 0.6 is 11.8 Å². The number of nitrogens with zero attached hydrogens (tertiary/aromatic N) is 5. The Morgan fingerprint density at radius 3 is 2.45 bits per heavy atom. The Morgan fingerprint density at radius 2 is 1.82 bits per heavy atom. The zero-order chi connectivity index (χ0) is 28.7. The number of amides is 1. The Bertz CT molecular complexity index is 1220. The minimum absolute atomic E-state index is 0.213. The lowest BCUT2D eigenvalue weighted by Gasteiger charge is -2.40. The summed E-state index contributed by atoms with van der Waals surface area (Å²) in [5.41, 5.74) is 12.5. The quantitative estimate of drug-likeness (QED) is 0.244. The molecule has 0 atom stereocenters. The van der Waals surface area contributed by atoms with Gasteiger partial charge in [-0.1, -0.05) is 0 Å². The number of allylic oxidation sites excluding steroid dienone is 1. The van der Waals surface area contributed by atoms with Gasteiger partial charge in [-0.2, -0.15) is 13.2 Å². The number of benzene rings is 1. The molecule has 2 aliphatic heterocycles. The lowest BCUT2D eigenvalue weighted by molar-refractivity contribution is -0.150. The number of alkyl halides is 3. The molecule has 10 nitrogen and oxygen atoms in total. The van der Waals surface area contributed by atoms with Crippen LogP contribution in [0.15, 0.2) is 57.1 Å². The third-order valence-corrected chi connectivity index (χ3v) is 7.23. The highest BCUT2D eigenvalue weighted by Gasteiger charge is 2.31. The van der Waals surface area contributed by atoms with Crippen molar-refractivity contribution in [3.8, 4) is 0 Å². The Kier molecular flexibility index (Phi) is 9.87. The highest BCUT2D eigenvalue weighted by Crippen LogP contribution is 2.31. The van der Waals surface area contributed by atoms with E-state index in [2.05, 4.69) is 25.1 Å². The first-order valence-corrected chi connectivity index (χ1v) is 13.7. The number of aliphatic imine (C=N–C) groups is 1. The number of rotatable bonds is 8. The zero-order valence-corrected chi connectivity index (χ0v) is 23.0. The van der Waals surface area contributed by atoms with E-state index in [4.69, 9.17) is 21.2 Å². The maximum atomic E-state index is 12.4. The summed E-state index contributed by atoms with van der Waals surface area (Å²) in [6, 6.07) is 8.72. The van der Waals surface area contributed by atoms with Crippen LogP contribution < -0.4 is 21.7 Å². The third kappa shape index (κ3) is 9.10. The Morgan fingerprint density at radius 1 is 1.15 bits per heavy atom. The summed E-state index contributed by atoms with van der Waals surface area (Å²) in [6.07, 6.45) is -2.55. The molecule has 0 unspecified atom stereocenters. The fourth-order valence-corrected chi connectivity index (χ4v) is 5.33. The number of amidine groups is 1. The molecular formula is C26H33F3N8O2S. The number of anilines is 2. The van der Waals surface area contributed by atoms with Crippen LogP contribution in [-0.4, -0.2) is 78.2 Å². The third-order valence-electron chi connectivity index (χ3n) is 6.36. The largest absolute Gasteiger partial charge is 0.402 e. The number of hydrogen-bond acceptors (Lipinski definition) is 9. The number of nitrogens with two attached hydrogens (primary N) is 2. The van der Waals surface area contributed by atoms with Crippen molar-refractivity contribution >= 4 is 40.8 Å². The molecule has 0 radical (unpaired) electrons. The van der Waals surface area contributed by atoms with Gasteiger partial charge in [-0.05, 0) is 61.9 Å². The average Bonchev–Trinajstić information content (AvgIpc) is 2.89. The first-order chi connectivity index (χ1) is 19.0. The van der Waals surface area contributed by atoms with E-state index in [1.807, 2.05) is 0 Å². The van der Waals surface area contributed by atoms with E-state index in [9.17, 15) is 18.0 Å². The van der Waals surface area contributed by atoms with Crippen LogP contribution in [0.25, 0.3) is 0 Å². The number of hydrogen-bond donors (Lipinski definition) is 3. The first kappa shape index (κ1) is 29.6. The summed E-state index contributed by atoms with van der Waals surface area (Å²) < 4.78 is 42.8. The van der Waals surface area contributed by atoms with Crippen LogP contribution in [0.4, 0.5) is 30.5 Å². The van der Waals surface area contributed by atoms with Crippen LogP contribution in [0.5, 0.6) is 0 Å². The van der Waals surface area contributed by atoms with E-state index in [1.54, 1.807) is 31.2 Å². The highest BCUT2D eigenvalue weighted by atomic mass is 32.2. The van der Waals surface area contributed by atoms with Crippen molar-refractivity contribution in [3.63, 3.8) is 0 Å². The van der Waals surface area contributed by atoms with Crippen LogP contribution in [0.2, 0.25) is 0 Å². The number of morpholine rings is 1. The smallest absolute Gasteiger partial charge is 0.397 e. The first-order valence-electron chi connectivity index (χ1n) is 12.9. The van der Waals surface area contributed by atoms with Crippen molar-refractivity contribution in [2.24, 2.45) is 16.5 Å². The molecule has 1 aromatic heterocycles. The standard InChI is InChI=1S/C26H33F3N8O2S/c1-17(30)14-21(31)33-22-15-23(37-8-6-19(7-9-37)36-10-12-39-13-11-36)35-25(34-22)40-20-4-2-18(3-5-20)32-24(38)16-26(27,28)29/h2-5,14-15,19H,6-13,16,30H2,1H3,(H,32,38)(H2,31,33,34,35). The maximum Gasteiger partial charge on any atom is 0.397 e. The minimum Gasteiger partial charge on any atom is -0.402 e. The number of carbonyl (C=O) groups excluding carboxylic acids is 1. The van der Waals surface area contributed by atoms with Gasteiger partial charge in [0.2, 0.25) is 5.91 Å². The second-order valence-electron chi connectivity index (χ2n) is 9.63. The fourth-order valence-electron chi connectivity index (χ4n) is 4.57. The van der Waals surface area contributed by atoms with Crippen molar-refractivity contribution in [2.45, 2.75) is 48.5 Å². The number of carbonyl (C=O) groups is 1. The molecule has 0 saturated carbocycles.